The van der Waals surface area contributed by atoms with E-state index in [4.69, 9.17) is 16.7 Å². The summed E-state index contributed by atoms with van der Waals surface area (Å²) in [4.78, 5) is 30.0. The average Bonchev–Trinajstić information content (AvgIpc) is 3.38. The van der Waals surface area contributed by atoms with Gasteiger partial charge >= 0.3 is 0 Å². The lowest BCUT2D eigenvalue weighted by Gasteiger charge is -2.34. The fourth-order valence-electron chi connectivity index (χ4n) is 5.11. The SMILES string of the molecule is C=C/C=C(/c1ccc(CC)c(CC)c1)n1nc(C(=O)N2CCN(C(=O)c3cccc(Cl)c3)CC2)cc1CCC. The van der Waals surface area contributed by atoms with Gasteiger partial charge in [-0.1, -0.05) is 69.6 Å². The topological polar surface area (TPSA) is 58.4 Å². The predicted octanol–water partition coefficient (Wildman–Crippen LogP) is 6.29. The molecule has 1 fully saturated rings. The zero-order chi connectivity index (χ0) is 27.9. The van der Waals surface area contributed by atoms with Crippen molar-refractivity contribution in [3.63, 3.8) is 0 Å². The molecule has 0 radical (unpaired) electrons. The summed E-state index contributed by atoms with van der Waals surface area (Å²) in [5.41, 5.74) is 6.58. The normalized spacial score (nSPS) is 14.0. The van der Waals surface area contributed by atoms with Gasteiger partial charge in [0.1, 0.15) is 0 Å². The predicted molar refractivity (Wildman–Crippen MR) is 158 cm³/mol. The first-order valence-electron chi connectivity index (χ1n) is 13.8. The van der Waals surface area contributed by atoms with Crippen molar-refractivity contribution in [3.8, 4) is 0 Å². The van der Waals surface area contributed by atoms with Crippen molar-refractivity contribution in [1.29, 1.82) is 0 Å². The smallest absolute Gasteiger partial charge is 0.274 e. The van der Waals surface area contributed by atoms with Crippen LogP contribution >= 0.6 is 11.6 Å². The number of benzene rings is 2. The van der Waals surface area contributed by atoms with Crippen LogP contribution in [0.4, 0.5) is 0 Å². The molecule has 0 bridgehead atoms. The summed E-state index contributed by atoms with van der Waals surface area (Å²) in [6, 6.07) is 15.4. The zero-order valence-corrected chi connectivity index (χ0v) is 23.9. The van der Waals surface area contributed by atoms with Gasteiger partial charge in [-0.3, -0.25) is 9.59 Å². The minimum absolute atomic E-state index is 0.0705. The number of aromatic nitrogens is 2. The standard InChI is InChI=1S/C32H37ClN4O2/c1-5-10-28-22-29(34-37(28)30(11-6-2)25-15-14-23(7-3)24(8-4)20-25)32(39)36-18-16-35(17-19-36)31(38)26-12-9-13-27(33)21-26/h6,9,11-15,20-22H,2,5,7-8,10,16-19H2,1,3-4H3/b30-11-. The van der Waals surface area contributed by atoms with Crippen LogP contribution in [0.2, 0.25) is 5.02 Å². The van der Waals surface area contributed by atoms with Crippen LogP contribution in [0.1, 0.15) is 70.4 Å². The van der Waals surface area contributed by atoms with E-state index in [0.29, 0.717) is 42.5 Å². The molecule has 0 saturated carbocycles. The van der Waals surface area contributed by atoms with Gasteiger partial charge in [0.05, 0.1) is 5.70 Å². The molecule has 0 atom stereocenters. The Labute approximate surface area is 236 Å². The monoisotopic (exact) mass is 544 g/mol. The van der Waals surface area contributed by atoms with Crippen molar-refractivity contribution in [2.45, 2.75) is 46.5 Å². The quantitative estimate of drug-likeness (QED) is 0.298. The van der Waals surface area contributed by atoms with Crippen molar-refractivity contribution in [2.75, 3.05) is 26.2 Å². The van der Waals surface area contributed by atoms with E-state index in [1.807, 2.05) is 16.8 Å². The van der Waals surface area contributed by atoms with Crippen LogP contribution in [-0.2, 0) is 19.3 Å². The third-order valence-corrected chi connectivity index (χ3v) is 7.44. The van der Waals surface area contributed by atoms with Crippen LogP contribution in [0.5, 0.6) is 0 Å². The van der Waals surface area contributed by atoms with Crippen molar-refractivity contribution >= 4 is 29.1 Å². The molecule has 1 aliphatic heterocycles. The molecule has 0 N–H and O–H groups in total. The second-order valence-electron chi connectivity index (χ2n) is 9.76. The van der Waals surface area contributed by atoms with Crippen LogP contribution in [0.3, 0.4) is 0 Å². The second-order valence-corrected chi connectivity index (χ2v) is 10.2. The van der Waals surface area contributed by atoms with Gasteiger partial charge in [-0.05, 0) is 66.8 Å². The van der Waals surface area contributed by atoms with E-state index in [-0.39, 0.29) is 11.8 Å². The molecule has 0 spiro atoms. The van der Waals surface area contributed by atoms with Crippen molar-refractivity contribution in [1.82, 2.24) is 19.6 Å². The molecule has 3 aromatic rings. The maximum Gasteiger partial charge on any atom is 0.274 e. The minimum atomic E-state index is -0.116. The highest BCUT2D eigenvalue weighted by molar-refractivity contribution is 6.30. The minimum Gasteiger partial charge on any atom is -0.335 e. The summed E-state index contributed by atoms with van der Waals surface area (Å²) in [6.45, 7) is 12.2. The molecule has 4 rings (SSSR count). The summed E-state index contributed by atoms with van der Waals surface area (Å²) in [5, 5.41) is 5.36. The fourth-order valence-corrected chi connectivity index (χ4v) is 5.30. The van der Waals surface area contributed by atoms with Gasteiger partial charge in [0.25, 0.3) is 11.8 Å². The molecule has 6 nitrogen and oxygen atoms in total. The van der Waals surface area contributed by atoms with Crippen LogP contribution < -0.4 is 0 Å². The van der Waals surface area contributed by atoms with E-state index in [2.05, 4.69) is 45.5 Å². The van der Waals surface area contributed by atoms with Gasteiger partial charge in [-0.2, -0.15) is 5.10 Å². The summed E-state index contributed by atoms with van der Waals surface area (Å²) < 4.78 is 1.90. The van der Waals surface area contributed by atoms with Crippen molar-refractivity contribution in [3.05, 3.63) is 106 Å². The lowest BCUT2D eigenvalue weighted by molar-refractivity contribution is 0.0532. The Bertz CT molecular complexity index is 1380. The maximum atomic E-state index is 13.6. The molecular formula is C32H37ClN4O2. The summed E-state index contributed by atoms with van der Waals surface area (Å²) in [6.07, 6.45) is 7.40. The molecule has 39 heavy (non-hydrogen) atoms. The van der Waals surface area contributed by atoms with Crippen molar-refractivity contribution < 1.29 is 9.59 Å². The van der Waals surface area contributed by atoms with E-state index >= 15 is 0 Å². The number of nitrogens with zero attached hydrogens (tertiary/aromatic N) is 4. The highest BCUT2D eigenvalue weighted by atomic mass is 35.5. The molecule has 0 unspecified atom stereocenters. The number of aryl methyl sites for hydroxylation is 3. The van der Waals surface area contributed by atoms with Crippen LogP contribution in [0, 0.1) is 0 Å². The van der Waals surface area contributed by atoms with E-state index in [1.54, 1.807) is 40.1 Å². The lowest BCUT2D eigenvalue weighted by atomic mass is 9.98. The third kappa shape index (κ3) is 6.34. The Kier molecular flexibility index (Phi) is 9.41. The molecule has 2 amide bonds. The number of hydrogen-bond donors (Lipinski definition) is 0. The van der Waals surface area contributed by atoms with Crippen LogP contribution in [0.25, 0.3) is 5.70 Å². The molecule has 204 valence electrons. The van der Waals surface area contributed by atoms with Gasteiger partial charge < -0.3 is 9.80 Å². The number of allylic oxidation sites excluding steroid dienone is 2. The second kappa shape index (κ2) is 12.9. The Morgan fingerprint density at radius 3 is 2.21 bits per heavy atom. The first-order chi connectivity index (χ1) is 18.9. The van der Waals surface area contributed by atoms with Crippen molar-refractivity contribution in [2.24, 2.45) is 0 Å². The van der Waals surface area contributed by atoms with Gasteiger partial charge in [-0.25, -0.2) is 4.68 Å². The fraction of sp³-hybridized carbons (Fsp3) is 0.344. The highest BCUT2D eigenvalue weighted by Crippen LogP contribution is 2.25. The number of rotatable bonds is 9. The van der Waals surface area contributed by atoms with Gasteiger partial charge in [0, 0.05) is 48.0 Å². The Morgan fingerprint density at radius 2 is 1.59 bits per heavy atom. The largest absolute Gasteiger partial charge is 0.335 e. The molecule has 7 heteroatoms. The van der Waals surface area contributed by atoms with Crippen LogP contribution in [-0.4, -0.2) is 57.6 Å². The molecule has 2 heterocycles. The summed E-state index contributed by atoms with van der Waals surface area (Å²) >= 11 is 6.07. The Morgan fingerprint density at radius 1 is 0.897 bits per heavy atom. The number of carbonyl (C=O) groups is 2. The maximum absolute atomic E-state index is 13.6. The van der Waals surface area contributed by atoms with Gasteiger partial charge in [0.15, 0.2) is 5.69 Å². The molecule has 0 aliphatic carbocycles. The number of halogens is 1. The number of hydrogen-bond acceptors (Lipinski definition) is 3. The molecule has 2 aromatic carbocycles. The Balaban J connectivity index is 1.56. The van der Waals surface area contributed by atoms with E-state index in [0.717, 1.165) is 42.6 Å². The van der Waals surface area contributed by atoms with E-state index < -0.39 is 0 Å². The van der Waals surface area contributed by atoms with Crippen LogP contribution in [0.15, 0.2) is 67.3 Å². The molecule has 1 aliphatic rings. The summed E-state index contributed by atoms with van der Waals surface area (Å²) in [5.74, 6) is -0.187. The van der Waals surface area contributed by atoms with Gasteiger partial charge in [-0.15, -0.1) is 0 Å². The highest BCUT2D eigenvalue weighted by Gasteiger charge is 2.28. The first-order valence-corrected chi connectivity index (χ1v) is 14.2. The third-order valence-electron chi connectivity index (χ3n) is 7.20. The molecule has 1 saturated heterocycles. The van der Waals surface area contributed by atoms with Gasteiger partial charge in [0.2, 0.25) is 0 Å². The average molecular weight is 545 g/mol. The molecule has 1 aromatic heterocycles. The van der Waals surface area contributed by atoms with E-state index in [1.165, 1.54) is 11.1 Å². The number of amides is 2. The molecular weight excluding hydrogens is 508 g/mol. The van der Waals surface area contributed by atoms with E-state index in [9.17, 15) is 9.59 Å². The number of carbonyl (C=O) groups excluding carboxylic acids is 2. The number of piperazine rings is 1. The Hall–Kier alpha value is -3.64. The zero-order valence-electron chi connectivity index (χ0n) is 23.1. The lowest BCUT2D eigenvalue weighted by Crippen LogP contribution is -2.50. The first kappa shape index (κ1) is 28.4. The summed E-state index contributed by atoms with van der Waals surface area (Å²) in [7, 11) is 0.